The Bertz CT molecular complexity index is 339. The fraction of sp³-hybridized carbons (Fsp3) is 0.500. The molecular formula is C10H15ClN4O. The Kier molecular flexibility index (Phi) is 5.14. The van der Waals surface area contributed by atoms with Gasteiger partial charge in [0, 0.05) is 12.5 Å². The number of carbonyl (C=O) groups is 1. The Morgan fingerprint density at radius 1 is 1.56 bits per heavy atom. The van der Waals surface area contributed by atoms with Crippen LogP contribution in [0.5, 0.6) is 0 Å². The number of nitrogens with two attached hydrogens (primary N) is 1. The lowest BCUT2D eigenvalue weighted by Gasteiger charge is -2.05. The van der Waals surface area contributed by atoms with Gasteiger partial charge in [-0.1, -0.05) is 11.6 Å². The van der Waals surface area contributed by atoms with Crippen LogP contribution in [0.2, 0.25) is 5.15 Å². The molecule has 1 heterocycles. The van der Waals surface area contributed by atoms with Gasteiger partial charge in [-0.2, -0.15) is 0 Å². The molecule has 1 aromatic heterocycles. The minimum absolute atomic E-state index is 0.0859. The van der Waals surface area contributed by atoms with E-state index in [1.807, 2.05) is 6.92 Å². The number of nitrogens with zero attached hydrogens (tertiary/aromatic N) is 2. The number of hydrogen-bond donors (Lipinski definition) is 2. The maximum absolute atomic E-state index is 11.4. The van der Waals surface area contributed by atoms with Gasteiger partial charge in [0.15, 0.2) is 11.0 Å². The van der Waals surface area contributed by atoms with E-state index in [9.17, 15) is 4.79 Å². The summed E-state index contributed by atoms with van der Waals surface area (Å²) in [5.74, 6) is 0.326. The largest absolute Gasteiger partial charge is 0.328 e. The molecule has 0 fully saturated rings. The highest BCUT2D eigenvalue weighted by Crippen LogP contribution is 2.07. The number of rotatable bonds is 5. The van der Waals surface area contributed by atoms with Crippen LogP contribution >= 0.6 is 11.6 Å². The van der Waals surface area contributed by atoms with Crippen LogP contribution in [-0.4, -0.2) is 22.1 Å². The summed E-state index contributed by atoms with van der Waals surface area (Å²) in [6.45, 7) is 1.92. The predicted octanol–water partition coefficient (Wildman–Crippen LogP) is 1.59. The lowest BCUT2D eigenvalue weighted by Crippen LogP contribution is -2.17. The number of amides is 1. The molecule has 1 amide bonds. The van der Waals surface area contributed by atoms with Crippen LogP contribution in [0.25, 0.3) is 0 Å². The van der Waals surface area contributed by atoms with E-state index >= 15 is 0 Å². The third-order valence-corrected chi connectivity index (χ3v) is 2.16. The predicted molar refractivity (Wildman–Crippen MR) is 63.2 cm³/mol. The van der Waals surface area contributed by atoms with Gasteiger partial charge in [0.2, 0.25) is 5.91 Å². The smallest absolute Gasteiger partial charge is 0.225 e. The van der Waals surface area contributed by atoms with E-state index in [0.29, 0.717) is 17.4 Å². The summed E-state index contributed by atoms with van der Waals surface area (Å²) < 4.78 is 0. The van der Waals surface area contributed by atoms with Crippen LogP contribution < -0.4 is 11.1 Å². The van der Waals surface area contributed by atoms with Crippen molar-refractivity contribution in [3.05, 3.63) is 17.3 Å². The number of nitrogens with one attached hydrogen (secondary N) is 1. The second kappa shape index (κ2) is 6.40. The van der Waals surface area contributed by atoms with E-state index in [1.54, 1.807) is 12.1 Å². The number of hydrogen-bond acceptors (Lipinski definition) is 4. The van der Waals surface area contributed by atoms with Crippen LogP contribution in [0, 0.1) is 0 Å². The van der Waals surface area contributed by atoms with Gasteiger partial charge in [-0.15, -0.1) is 10.2 Å². The van der Waals surface area contributed by atoms with E-state index in [2.05, 4.69) is 15.5 Å². The highest BCUT2D eigenvalue weighted by atomic mass is 35.5. The topological polar surface area (TPSA) is 80.9 Å². The molecule has 0 aliphatic heterocycles. The average Bonchev–Trinajstić information content (AvgIpc) is 2.21. The molecule has 0 bridgehead atoms. The fourth-order valence-electron chi connectivity index (χ4n) is 1.17. The molecule has 0 radical (unpaired) electrons. The van der Waals surface area contributed by atoms with Crippen LogP contribution in [0.3, 0.4) is 0 Å². The quantitative estimate of drug-likeness (QED) is 0.822. The lowest BCUT2D eigenvalue weighted by atomic mass is 10.1. The Morgan fingerprint density at radius 3 is 2.88 bits per heavy atom. The number of carbonyl (C=O) groups excluding carboxylic acids is 1. The molecule has 1 rings (SSSR count). The summed E-state index contributed by atoms with van der Waals surface area (Å²) in [7, 11) is 0. The second-order valence-electron chi connectivity index (χ2n) is 3.66. The van der Waals surface area contributed by atoms with E-state index in [4.69, 9.17) is 17.3 Å². The third-order valence-electron chi connectivity index (χ3n) is 1.96. The number of anilines is 1. The molecule has 3 N–H and O–H groups in total. The summed E-state index contributed by atoms with van der Waals surface area (Å²) in [5.41, 5.74) is 5.58. The van der Waals surface area contributed by atoms with E-state index < -0.39 is 0 Å². The van der Waals surface area contributed by atoms with Gasteiger partial charge in [0.25, 0.3) is 0 Å². The molecule has 5 nitrogen and oxygen atoms in total. The zero-order valence-electron chi connectivity index (χ0n) is 9.11. The number of halogens is 1. The molecule has 16 heavy (non-hydrogen) atoms. The molecule has 0 aliphatic carbocycles. The number of aromatic nitrogens is 2. The van der Waals surface area contributed by atoms with Crippen molar-refractivity contribution in [1.82, 2.24) is 10.2 Å². The Morgan fingerprint density at radius 2 is 2.31 bits per heavy atom. The first-order valence-corrected chi connectivity index (χ1v) is 5.50. The normalized spacial score (nSPS) is 12.2. The SMILES string of the molecule is CC(N)CCCC(=O)Nc1ccc(Cl)nn1. The van der Waals surface area contributed by atoms with Gasteiger partial charge in [0.05, 0.1) is 0 Å². The summed E-state index contributed by atoms with van der Waals surface area (Å²) in [6, 6.07) is 3.31. The van der Waals surface area contributed by atoms with Crippen molar-refractivity contribution < 1.29 is 4.79 Å². The van der Waals surface area contributed by atoms with Gasteiger partial charge < -0.3 is 11.1 Å². The highest BCUT2D eigenvalue weighted by molar-refractivity contribution is 6.29. The maximum atomic E-state index is 11.4. The van der Waals surface area contributed by atoms with Crippen LogP contribution in [0.1, 0.15) is 26.2 Å². The lowest BCUT2D eigenvalue weighted by molar-refractivity contribution is -0.116. The van der Waals surface area contributed by atoms with Gasteiger partial charge in [0.1, 0.15) is 0 Å². The molecule has 0 aliphatic rings. The molecule has 1 unspecified atom stereocenters. The molecule has 0 aromatic carbocycles. The van der Waals surface area contributed by atoms with E-state index in [0.717, 1.165) is 12.8 Å². The summed E-state index contributed by atoms with van der Waals surface area (Å²) >= 11 is 5.57. The Labute approximate surface area is 99.4 Å². The van der Waals surface area contributed by atoms with E-state index in [-0.39, 0.29) is 11.9 Å². The van der Waals surface area contributed by atoms with Crippen LogP contribution in [0.15, 0.2) is 12.1 Å². The molecule has 1 atom stereocenters. The first kappa shape index (κ1) is 12.9. The molecule has 88 valence electrons. The fourth-order valence-corrected chi connectivity index (χ4v) is 1.27. The molecule has 0 saturated heterocycles. The second-order valence-corrected chi connectivity index (χ2v) is 4.05. The minimum atomic E-state index is -0.0859. The van der Waals surface area contributed by atoms with Gasteiger partial charge in [-0.05, 0) is 31.9 Å². The van der Waals surface area contributed by atoms with Gasteiger partial charge in [-0.25, -0.2) is 0 Å². The first-order chi connectivity index (χ1) is 7.58. The van der Waals surface area contributed by atoms with Crippen LogP contribution in [-0.2, 0) is 4.79 Å². The van der Waals surface area contributed by atoms with Crippen molar-refractivity contribution in [2.75, 3.05) is 5.32 Å². The summed E-state index contributed by atoms with van der Waals surface area (Å²) in [6.07, 6.45) is 2.04. The molecule has 1 aromatic rings. The maximum Gasteiger partial charge on any atom is 0.225 e. The van der Waals surface area contributed by atoms with Gasteiger partial charge >= 0.3 is 0 Å². The van der Waals surface area contributed by atoms with Crippen molar-refractivity contribution in [2.24, 2.45) is 5.73 Å². The third kappa shape index (κ3) is 5.04. The van der Waals surface area contributed by atoms with Crippen molar-refractivity contribution in [3.63, 3.8) is 0 Å². The van der Waals surface area contributed by atoms with Crippen molar-refractivity contribution >= 4 is 23.3 Å². The minimum Gasteiger partial charge on any atom is -0.328 e. The van der Waals surface area contributed by atoms with Crippen molar-refractivity contribution in [2.45, 2.75) is 32.2 Å². The molecular weight excluding hydrogens is 228 g/mol. The highest BCUT2D eigenvalue weighted by Gasteiger charge is 2.04. The Balaban J connectivity index is 2.31. The van der Waals surface area contributed by atoms with Gasteiger partial charge in [-0.3, -0.25) is 4.79 Å². The zero-order valence-corrected chi connectivity index (χ0v) is 9.87. The monoisotopic (exact) mass is 242 g/mol. The van der Waals surface area contributed by atoms with Crippen molar-refractivity contribution in [1.29, 1.82) is 0 Å². The first-order valence-electron chi connectivity index (χ1n) is 5.12. The molecule has 0 spiro atoms. The van der Waals surface area contributed by atoms with Crippen LogP contribution in [0.4, 0.5) is 5.82 Å². The standard InChI is InChI=1S/C10H15ClN4O/c1-7(12)3-2-4-10(16)13-9-6-5-8(11)14-15-9/h5-7H,2-4,12H2,1H3,(H,13,15,16). The zero-order chi connectivity index (χ0) is 12.0. The summed E-state index contributed by atoms with van der Waals surface area (Å²) in [4.78, 5) is 11.4. The average molecular weight is 243 g/mol. The molecule has 0 saturated carbocycles. The molecule has 6 heteroatoms. The summed E-state index contributed by atoms with van der Waals surface area (Å²) in [5, 5.41) is 10.3. The van der Waals surface area contributed by atoms with Crippen molar-refractivity contribution in [3.8, 4) is 0 Å². The van der Waals surface area contributed by atoms with E-state index in [1.165, 1.54) is 0 Å². The Hall–Kier alpha value is -1.20.